The van der Waals surface area contributed by atoms with E-state index < -0.39 is 9.84 Å². The van der Waals surface area contributed by atoms with Crippen molar-refractivity contribution in [2.45, 2.75) is 51.6 Å². The standard InChI is InChI=1S/C14H28N2O2S/c1-3-16-8-4-5-13(11-16)12(2)15-14-6-9-19(17,18)10-7-14/h12-15H,3-11H2,1-2H3. The van der Waals surface area contributed by atoms with Gasteiger partial charge in [-0.25, -0.2) is 8.42 Å². The van der Waals surface area contributed by atoms with E-state index in [9.17, 15) is 8.42 Å². The van der Waals surface area contributed by atoms with Crippen LogP contribution in [0.5, 0.6) is 0 Å². The number of hydrogen-bond acceptors (Lipinski definition) is 4. The first-order valence-corrected chi connectivity index (χ1v) is 9.51. The summed E-state index contributed by atoms with van der Waals surface area (Å²) in [4.78, 5) is 2.53. The summed E-state index contributed by atoms with van der Waals surface area (Å²) < 4.78 is 22.9. The molecule has 0 spiro atoms. The Kier molecular flexibility index (Phi) is 5.26. The minimum atomic E-state index is -2.74. The maximum Gasteiger partial charge on any atom is 0.150 e. The fourth-order valence-corrected chi connectivity index (χ4v) is 4.84. The van der Waals surface area contributed by atoms with E-state index in [0.717, 1.165) is 19.4 Å². The molecule has 0 bridgehead atoms. The molecule has 2 aliphatic heterocycles. The number of nitrogens with zero attached hydrogens (tertiary/aromatic N) is 1. The Bertz CT molecular complexity index is 369. The van der Waals surface area contributed by atoms with Gasteiger partial charge in [0.25, 0.3) is 0 Å². The molecule has 0 aromatic carbocycles. The van der Waals surface area contributed by atoms with Crippen molar-refractivity contribution in [3.05, 3.63) is 0 Å². The van der Waals surface area contributed by atoms with Crippen LogP contribution in [-0.4, -0.2) is 56.5 Å². The van der Waals surface area contributed by atoms with Gasteiger partial charge in [-0.2, -0.15) is 0 Å². The predicted octanol–water partition coefficient (Wildman–Crippen LogP) is 1.27. The van der Waals surface area contributed by atoms with Crippen molar-refractivity contribution in [2.24, 2.45) is 5.92 Å². The quantitative estimate of drug-likeness (QED) is 0.846. The van der Waals surface area contributed by atoms with E-state index in [-0.39, 0.29) is 0 Å². The third-order valence-corrected chi connectivity index (χ3v) is 6.46. The number of piperidine rings is 1. The second-order valence-electron chi connectivity index (χ2n) is 6.18. The smallest absolute Gasteiger partial charge is 0.150 e. The summed E-state index contributed by atoms with van der Waals surface area (Å²) in [5, 5.41) is 3.68. The van der Waals surface area contributed by atoms with Crippen LogP contribution < -0.4 is 5.32 Å². The Balaban J connectivity index is 1.79. The lowest BCUT2D eigenvalue weighted by Gasteiger charge is -2.37. The van der Waals surface area contributed by atoms with Gasteiger partial charge in [-0.1, -0.05) is 6.92 Å². The molecule has 0 aliphatic carbocycles. The molecule has 2 rings (SSSR count). The van der Waals surface area contributed by atoms with Gasteiger partial charge in [0.15, 0.2) is 0 Å². The van der Waals surface area contributed by atoms with Crippen molar-refractivity contribution in [3.8, 4) is 0 Å². The van der Waals surface area contributed by atoms with E-state index in [2.05, 4.69) is 24.1 Å². The number of rotatable bonds is 4. The third kappa shape index (κ3) is 4.43. The zero-order chi connectivity index (χ0) is 13.9. The van der Waals surface area contributed by atoms with E-state index in [4.69, 9.17) is 0 Å². The first kappa shape index (κ1) is 15.3. The molecule has 2 aliphatic rings. The summed E-state index contributed by atoms with van der Waals surface area (Å²) >= 11 is 0. The summed E-state index contributed by atoms with van der Waals surface area (Å²) in [7, 11) is -2.74. The highest BCUT2D eigenvalue weighted by Gasteiger charge is 2.28. The van der Waals surface area contributed by atoms with Gasteiger partial charge in [-0.05, 0) is 51.6 Å². The summed E-state index contributed by atoms with van der Waals surface area (Å²) in [5.41, 5.74) is 0. The van der Waals surface area contributed by atoms with Crippen molar-refractivity contribution < 1.29 is 8.42 Å². The van der Waals surface area contributed by atoms with Crippen molar-refractivity contribution in [3.63, 3.8) is 0 Å². The van der Waals surface area contributed by atoms with Crippen molar-refractivity contribution in [1.82, 2.24) is 10.2 Å². The van der Waals surface area contributed by atoms with Crippen LogP contribution in [0.25, 0.3) is 0 Å². The summed E-state index contributed by atoms with van der Waals surface area (Å²) in [6.45, 7) is 8.07. The zero-order valence-electron chi connectivity index (χ0n) is 12.3. The highest BCUT2D eigenvalue weighted by molar-refractivity contribution is 7.91. The van der Waals surface area contributed by atoms with Gasteiger partial charge >= 0.3 is 0 Å². The topological polar surface area (TPSA) is 49.4 Å². The Labute approximate surface area is 117 Å². The van der Waals surface area contributed by atoms with Crippen molar-refractivity contribution in [2.75, 3.05) is 31.1 Å². The van der Waals surface area contributed by atoms with Crippen molar-refractivity contribution in [1.29, 1.82) is 0 Å². The number of hydrogen-bond donors (Lipinski definition) is 1. The van der Waals surface area contributed by atoms with E-state index in [1.165, 1.54) is 25.9 Å². The van der Waals surface area contributed by atoms with Crippen LogP contribution in [0.1, 0.15) is 39.5 Å². The normalized spacial score (nSPS) is 31.2. The van der Waals surface area contributed by atoms with E-state index in [1.807, 2.05) is 0 Å². The summed E-state index contributed by atoms with van der Waals surface area (Å²) in [5.74, 6) is 1.44. The van der Waals surface area contributed by atoms with Gasteiger partial charge in [0.05, 0.1) is 11.5 Å². The molecular formula is C14H28N2O2S. The highest BCUT2D eigenvalue weighted by atomic mass is 32.2. The molecule has 2 atom stereocenters. The molecule has 0 radical (unpaired) electrons. The molecule has 1 N–H and O–H groups in total. The predicted molar refractivity (Wildman–Crippen MR) is 79.1 cm³/mol. The molecular weight excluding hydrogens is 260 g/mol. The molecule has 0 amide bonds. The Morgan fingerprint density at radius 1 is 1.26 bits per heavy atom. The highest BCUT2D eigenvalue weighted by Crippen LogP contribution is 2.21. The van der Waals surface area contributed by atoms with Crippen LogP contribution >= 0.6 is 0 Å². The molecule has 2 heterocycles. The molecule has 0 aromatic rings. The number of nitrogens with one attached hydrogen (secondary N) is 1. The summed E-state index contributed by atoms with van der Waals surface area (Å²) in [6.07, 6.45) is 4.17. The molecule has 0 aromatic heterocycles. The minimum Gasteiger partial charge on any atom is -0.311 e. The molecule has 2 unspecified atom stereocenters. The molecule has 112 valence electrons. The van der Waals surface area contributed by atoms with E-state index >= 15 is 0 Å². The van der Waals surface area contributed by atoms with Gasteiger partial charge < -0.3 is 10.2 Å². The lowest BCUT2D eigenvalue weighted by atomic mass is 9.90. The third-order valence-electron chi connectivity index (χ3n) is 4.75. The molecule has 0 saturated carbocycles. The molecule has 2 fully saturated rings. The fourth-order valence-electron chi connectivity index (χ4n) is 3.35. The maximum atomic E-state index is 11.4. The molecule has 4 nitrogen and oxygen atoms in total. The lowest BCUT2D eigenvalue weighted by molar-refractivity contribution is 0.151. The Morgan fingerprint density at radius 3 is 2.58 bits per heavy atom. The van der Waals surface area contributed by atoms with E-state index in [1.54, 1.807) is 0 Å². The Hall–Kier alpha value is -0.130. The van der Waals surface area contributed by atoms with Gasteiger partial charge in [0.2, 0.25) is 0 Å². The lowest BCUT2D eigenvalue weighted by Crippen LogP contribution is -2.49. The van der Waals surface area contributed by atoms with Crippen LogP contribution in [0.2, 0.25) is 0 Å². The van der Waals surface area contributed by atoms with E-state index in [0.29, 0.717) is 29.5 Å². The van der Waals surface area contributed by atoms with Crippen LogP contribution in [0.4, 0.5) is 0 Å². The monoisotopic (exact) mass is 288 g/mol. The first-order valence-electron chi connectivity index (χ1n) is 7.69. The molecule has 19 heavy (non-hydrogen) atoms. The average molecular weight is 288 g/mol. The number of sulfone groups is 1. The molecule has 2 saturated heterocycles. The SMILES string of the molecule is CCN1CCCC(C(C)NC2CCS(=O)(=O)CC2)C1. The van der Waals surface area contributed by atoms with Gasteiger partial charge in [-0.15, -0.1) is 0 Å². The van der Waals surface area contributed by atoms with Crippen LogP contribution in [-0.2, 0) is 9.84 Å². The maximum absolute atomic E-state index is 11.4. The summed E-state index contributed by atoms with van der Waals surface area (Å²) in [6, 6.07) is 0.899. The second-order valence-corrected chi connectivity index (χ2v) is 8.48. The Morgan fingerprint density at radius 2 is 1.95 bits per heavy atom. The second kappa shape index (κ2) is 6.55. The average Bonchev–Trinajstić information content (AvgIpc) is 2.41. The van der Waals surface area contributed by atoms with Crippen LogP contribution in [0, 0.1) is 5.92 Å². The van der Waals surface area contributed by atoms with Gasteiger partial charge in [0, 0.05) is 18.6 Å². The van der Waals surface area contributed by atoms with Gasteiger partial charge in [0.1, 0.15) is 9.84 Å². The van der Waals surface area contributed by atoms with Crippen LogP contribution in [0.3, 0.4) is 0 Å². The van der Waals surface area contributed by atoms with Crippen LogP contribution in [0.15, 0.2) is 0 Å². The fraction of sp³-hybridized carbons (Fsp3) is 1.00. The number of likely N-dealkylation sites (tertiary alicyclic amines) is 1. The van der Waals surface area contributed by atoms with Crippen molar-refractivity contribution >= 4 is 9.84 Å². The largest absolute Gasteiger partial charge is 0.311 e. The first-order chi connectivity index (χ1) is 9.00. The molecule has 5 heteroatoms. The zero-order valence-corrected chi connectivity index (χ0v) is 13.1. The van der Waals surface area contributed by atoms with Gasteiger partial charge in [-0.3, -0.25) is 0 Å². The minimum absolute atomic E-state index is 0.364.